The van der Waals surface area contributed by atoms with E-state index in [1.54, 1.807) is 18.2 Å². The zero-order valence-electron chi connectivity index (χ0n) is 16.6. The van der Waals surface area contributed by atoms with Crippen molar-refractivity contribution in [2.45, 2.75) is 25.9 Å². The first-order valence-corrected chi connectivity index (χ1v) is 9.53. The highest BCUT2D eigenvalue weighted by atomic mass is 35.5. The predicted molar refractivity (Wildman–Crippen MR) is 113 cm³/mol. The van der Waals surface area contributed by atoms with Gasteiger partial charge in [0.05, 0.1) is 19.3 Å². The number of para-hydroxylation sites is 1. The maximum absolute atomic E-state index is 12.0. The zero-order valence-corrected chi connectivity index (χ0v) is 17.4. The van der Waals surface area contributed by atoms with Crippen molar-refractivity contribution < 1.29 is 19.0 Å². The number of rotatable bonds is 5. The number of nitrogens with one attached hydrogen (secondary N) is 2. The van der Waals surface area contributed by atoms with Gasteiger partial charge in [-0.15, -0.1) is 0 Å². The fraction of sp³-hybridized carbons (Fsp3) is 0.318. The van der Waals surface area contributed by atoms with E-state index in [0.29, 0.717) is 22.2 Å². The van der Waals surface area contributed by atoms with Gasteiger partial charge in [-0.1, -0.05) is 35.6 Å². The van der Waals surface area contributed by atoms with Gasteiger partial charge in [0.25, 0.3) is 0 Å². The lowest BCUT2D eigenvalue weighted by atomic mass is 10.0. The molecule has 0 fully saturated rings. The van der Waals surface area contributed by atoms with Crippen LogP contribution < -0.4 is 24.8 Å². The number of fused-ring (bicyclic) bond motifs is 1. The molecule has 2 N–H and O–H groups in total. The summed E-state index contributed by atoms with van der Waals surface area (Å²) in [7, 11) is 1.52. The van der Waals surface area contributed by atoms with Gasteiger partial charge >= 0.3 is 6.03 Å². The van der Waals surface area contributed by atoms with E-state index in [2.05, 4.69) is 22.5 Å². The Labute approximate surface area is 175 Å². The van der Waals surface area contributed by atoms with Crippen LogP contribution in [0.25, 0.3) is 0 Å². The molecule has 6 nitrogen and oxygen atoms in total. The summed E-state index contributed by atoms with van der Waals surface area (Å²) in [6.07, 6.45) is 0.849. The number of halogens is 1. The minimum absolute atomic E-state index is 0.175. The molecular weight excluding hydrogens is 392 g/mol. The lowest BCUT2D eigenvalue weighted by molar-refractivity contribution is 0.133. The van der Waals surface area contributed by atoms with Crippen molar-refractivity contribution in [3.63, 3.8) is 0 Å². The smallest absolute Gasteiger partial charge is 0.320 e. The molecule has 7 heteroatoms. The van der Waals surface area contributed by atoms with Gasteiger partial charge in [0.1, 0.15) is 18.0 Å². The second kappa shape index (κ2) is 8.97. The number of carbonyl (C=O) groups is 1. The average Bonchev–Trinajstić information content (AvgIpc) is 2.99. The molecule has 1 heterocycles. The van der Waals surface area contributed by atoms with Crippen LogP contribution in [0.3, 0.4) is 0 Å². The van der Waals surface area contributed by atoms with Crippen molar-refractivity contribution in [2.24, 2.45) is 0 Å². The standard InChI is InChI=1S/C22H23ClN2O4/c1-22(2)14-15-7-6-8-19(20(15)29-22)28-12-5-4-11-24-21(26)25-17-13-16(23)9-10-18(17)27-3/h6-10,13H,11-12,14H2,1-3H3,(H2,24,25,26). The molecule has 152 valence electrons. The summed E-state index contributed by atoms with van der Waals surface area (Å²) >= 11 is 5.95. The Morgan fingerprint density at radius 3 is 2.86 bits per heavy atom. The first-order chi connectivity index (χ1) is 13.9. The van der Waals surface area contributed by atoms with Crippen LogP contribution in [0.2, 0.25) is 5.02 Å². The predicted octanol–water partition coefficient (Wildman–Crippen LogP) is 4.27. The molecule has 1 aliphatic heterocycles. The third-order valence-electron chi connectivity index (χ3n) is 4.23. The Morgan fingerprint density at radius 1 is 1.24 bits per heavy atom. The molecule has 0 atom stereocenters. The highest BCUT2D eigenvalue weighted by molar-refractivity contribution is 6.31. The van der Waals surface area contributed by atoms with Gasteiger partial charge in [0.15, 0.2) is 11.5 Å². The fourth-order valence-corrected chi connectivity index (χ4v) is 3.17. The molecule has 3 rings (SSSR count). The van der Waals surface area contributed by atoms with Crippen LogP contribution in [0, 0.1) is 11.8 Å². The summed E-state index contributed by atoms with van der Waals surface area (Å²) in [5.74, 6) is 7.72. The van der Waals surface area contributed by atoms with Crippen molar-refractivity contribution in [1.82, 2.24) is 5.32 Å². The maximum Gasteiger partial charge on any atom is 0.320 e. The lowest BCUT2D eigenvalue weighted by Crippen LogP contribution is -2.29. The molecule has 2 amide bonds. The largest absolute Gasteiger partial charge is 0.495 e. The topological polar surface area (TPSA) is 68.8 Å². The number of carbonyl (C=O) groups excluding carboxylic acids is 1. The normalized spacial score (nSPS) is 13.4. The first-order valence-electron chi connectivity index (χ1n) is 9.16. The molecular formula is C22H23ClN2O4. The molecule has 29 heavy (non-hydrogen) atoms. The number of methoxy groups -OCH3 is 1. The second-order valence-corrected chi connectivity index (χ2v) is 7.51. The summed E-state index contributed by atoms with van der Waals surface area (Å²) in [5, 5.41) is 5.83. The van der Waals surface area contributed by atoms with E-state index in [4.69, 9.17) is 25.8 Å². The molecule has 2 aromatic rings. The lowest BCUT2D eigenvalue weighted by Gasteiger charge is -2.17. The van der Waals surface area contributed by atoms with Crippen molar-refractivity contribution in [3.05, 3.63) is 47.0 Å². The van der Waals surface area contributed by atoms with Crippen LogP contribution in [-0.4, -0.2) is 31.9 Å². The number of anilines is 1. The monoisotopic (exact) mass is 414 g/mol. The summed E-state index contributed by atoms with van der Waals surface area (Å²) in [6.45, 7) is 4.47. The number of benzene rings is 2. The van der Waals surface area contributed by atoms with Gasteiger partial charge in [-0.2, -0.15) is 0 Å². The van der Waals surface area contributed by atoms with Crippen LogP contribution in [-0.2, 0) is 6.42 Å². The molecule has 0 aromatic heterocycles. The molecule has 0 radical (unpaired) electrons. The third-order valence-corrected chi connectivity index (χ3v) is 4.46. The Bertz CT molecular complexity index is 963. The fourth-order valence-electron chi connectivity index (χ4n) is 3.00. The van der Waals surface area contributed by atoms with E-state index >= 15 is 0 Å². The number of amides is 2. The second-order valence-electron chi connectivity index (χ2n) is 7.08. The van der Waals surface area contributed by atoms with Gasteiger partial charge in [0.2, 0.25) is 0 Å². The molecule has 0 unspecified atom stereocenters. The van der Waals surface area contributed by atoms with Crippen LogP contribution in [0.5, 0.6) is 17.2 Å². The van der Waals surface area contributed by atoms with E-state index in [-0.39, 0.29) is 18.8 Å². The SMILES string of the molecule is COc1ccc(Cl)cc1NC(=O)NCC#CCOc1cccc2c1OC(C)(C)C2. The van der Waals surface area contributed by atoms with Crippen molar-refractivity contribution in [2.75, 3.05) is 25.6 Å². The highest BCUT2D eigenvalue weighted by Crippen LogP contribution is 2.41. The Morgan fingerprint density at radius 2 is 2.07 bits per heavy atom. The van der Waals surface area contributed by atoms with Crippen molar-refractivity contribution in [1.29, 1.82) is 0 Å². The zero-order chi connectivity index (χ0) is 20.9. The van der Waals surface area contributed by atoms with Gasteiger partial charge in [-0.3, -0.25) is 0 Å². The van der Waals surface area contributed by atoms with Gasteiger partial charge < -0.3 is 24.8 Å². The summed E-state index contributed by atoms with van der Waals surface area (Å²) in [6, 6.07) is 10.4. The molecule has 0 aliphatic carbocycles. The Balaban J connectivity index is 1.46. The van der Waals surface area contributed by atoms with Gasteiger partial charge in [0, 0.05) is 17.0 Å². The van der Waals surface area contributed by atoms with E-state index in [9.17, 15) is 4.79 Å². The van der Waals surface area contributed by atoms with Crippen molar-refractivity contribution >= 4 is 23.3 Å². The summed E-state index contributed by atoms with van der Waals surface area (Å²) < 4.78 is 16.9. The van der Waals surface area contributed by atoms with E-state index in [0.717, 1.165) is 17.7 Å². The van der Waals surface area contributed by atoms with Gasteiger partial charge in [-0.05, 0) is 38.1 Å². The van der Waals surface area contributed by atoms with E-state index in [1.165, 1.54) is 7.11 Å². The molecule has 0 spiro atoms. The Kier molecular flexibility index (Phi) is 6.40. The van der Waals surface area contributed by atoms with Gasteiger partial charge in [-0.25, -0.2) is 4.79 Å². The average molecular weight is 415 g/mol. The summed E-state index contributed by atoms with van der Waals surface area (Å²) in [5.41, 5.74) is 1.39. The number of ether oxygens (including phenoxy) is 3. The molecule has 0 saturated heterocycles. The molecule has 0 saturated carbocycles. The molecule has 1 aliphatic rings. The molecule has 2 aromatic carbocycles. The third kappa shape index (κ3) is 5.49. The maximum atomic E-state index is 12.0. The highest BCUT2D eigenvalue weighted by Gasteiger charge is 2.32. The number of hydrogen-bond donors (Lipinski definition) is 2. The minimum Gasteiger partial charge on any atom is -0.495 e. The number of urea groups is 1. The van der Waals surface area contributed by atoms with Crippen LogP contribution in [0.15, 0.2) is 36.4 Å². The van der Waals surface area contributed by atoms with E-state index < -0.39 is 6.03 Å². The van der Waals surface area contributed by atoms with Crippen LogP contribution in [0.4, 0.5) is 10.5 Å². The minimum atomic E-state index is -0.405. The first kappa shape index (κ1) is 20.7. The number of hydrogen-bond acceptors (Lipinski definition) is 4. The summed E-state index contributed by atoms with van der Waals surface area (Å²) in [4.78, 5) is 12.0. The Hall–Kier alpha value is -3.04. The molecule has 0 bridgehead atoms. The van der Waals surface area contributed by atoms with E-state index in [1.807, 2.05) is 32.0 Å². The van der Waals surface area contributed by atoms with Crippen LogP contribution >= 0.6 is 11.6 Å². The van der Waals surface area contributed by atoms with Crippen LogP contribution in [0.1, 0.15) is 19.4 Å². The van der Waals surface area contributed by atoms with Crippen molar-refractivity contribution in [3.8, 4) is 29.1 Å². The quantitative estimate of drug-likeness (QED) is 0.717.